The third-order valence-electron chi connectivity index (χ3n) is 3.01. The van der Waals surface area contributed by atoms with E-state index in [0.29, 0.717) is 11.3 Å². The van der Waals surface area contributed by atoms with Crippen molar-refractivity contribution in [2.24, 2.45) is 5.73 Å². The molecule has 0 unspecified atom stereocenters. The number of hydrogen-bond donors (Lipinski definition) is 3. The largest absolute Gasteiger partial charge is 0.369 e. The number of nitrogens with two attached hydrogens (primary N) is 1. The van der Waals surface area contributed by atoms with Crippen LogP contribution in [0, 0.1) is 5.82 Å². The maximum Gasteiger partial charge on any atom is 0.221 e. The topological polar surface area (TPSA) is 87.6 Å². The summed E-state index contributed by atoms with van der Waals surface area (Å²) >= 11 is 0. The predicted molar refractivity (Wildman–Crippen MR) is 68.7 cm³/mol. The van der Waals surface area contributed by atoms with E-state index in [1.54, 1.807) is 24.5 Å². The van der Waals surface area contributed by atoms with Gasteiger partial charge < -0.3 is 10.7 Å². The second kappa shape index (κ2) is 4.24. The number of H-pyrrole nitrogens is 2. The molecule has 6 heteroatoms. The van der Waals surface area contributed by atoms with E-state index < -0.39 is 11.7 Å². The van der Waals surface area contributed by atoms with E-state index in [2.05, 4.69) is 15.2 Å². The van der Waals surface area contributed by atoms with Crippen LogP contribution in [0.5, 0.6) is 0 Å². The molecule has 0 aliphatic rings. The molecule has 0 aliphatic heterocycles. The number of halogens is 1. The Bertz CT molecular complexity index is 759. The highest BCUT2D eigenvalue weighted by Gasteiger charge is 2.16. The van der Waals surface area contributed by atoms with Gasteiger partial charge in [0.2, 0.25) is 5.91 Å². The van der Waals surface area contributed by atoms with E-state index in [0.717, 1.165) is 10.9 Å². The molecule has 4 N–H and O–H groups in total. The minimum Gasteiger partial charge on any atom is -0.369 e. The number of nitrogens with one attached hydrogen (secondary N) is 2. The van der Waals surface area contributed by atoms with E-state index in [9.17, 15) is 9.18 Å². The van der Waals surface area contributed by atoms with Crippen molar-refractivity contribution in [1.82, 2.24) is 15.2 Å². The van der Waals surface area contributed by atoms with Crippen LogP contribution < -0.4 is 5.73 Å². The highest BCUT2D eigenvalue weighted by molar-refractivity contribution is 5.94. The lowest BCUT2D eigenvalue weighted by Gasteiger charge is -2.07. The summed E-state index contributed by atoms with van der Waals surface area (Å²) in [6, 6.07) is 4.62. The van der Waals surface area contributed by atoms with E-state index in [4.69, 9.17) is 5.73 Å². The third-order valence-corrected chi connectivity index (χ3v) is 3.01. The zero-order chi connectivity index (χ0) is 13.4. The first-order valence-electron chi connectivity index (χ1n) is 5.73. The van der Waals surface area contributed by atoms with Gasteiger partial charge in [0.05, 0.1) is 11.9 Å². The Kier molecular flexibility index (Phi) is 2.56. The zero-order valence-corrected chi connectivity index (χ0v) is 9.90. The number of benzene rings is 1. The summed E-state index contributed by atoms with van der Waals surface area (Å²) in [5, 5.41) is 7.86. The van der Waals surface area contributed by atoms with Crippen molar-refractivity contribution in [1.29, 1.82) is 0 Å². The highest BCUT2D eigenvalue weighted by atomic mass is 19.1. The fourth-order valence-electron chi connectivity index (χ4n) is 2.17. The molecular formula is C13H11FN4O. The number of carbonyl (C=O) groups excluding carboxylic acids is 1. The molecule has 0 aliphatic carbocycles. The summed E-state index contributed by atoms with van der Waals surface area (Å²) in [6.07, 6.45) is 3.38. The Morgan fingerprint density at radius 3 is 3.00 bits per heavy atom. The molecule has 0 bridgehead atoms. The molecule has 0 atom stereocenters. The van der Waals surface area contributed by atoms with Crippen molar-refractivity contribution in [2.75, 3.05) is 0 Å². The fourth-order valence-corrected chi connectivity index (χ4v) is 2.17. The summed E-state index contributed by atoms with van der Waals surface area (Å²) in [6.45, 7) is 0. The number of amides is 1. The molecule has 1 aromatic carbocycles. The van der Waals surface area contributed by atoms with E-state index >= 15 is 0 Å². The number of nitrogens with zero attached hydrogens (tertiary/aromatic N) is 1. The summed E-state index contributed by atoms with van der Waals surface area (Å²) in [7, 11) is 0. The molecule has 5 nitrogen and oxygen atoms in total. The molecule has 0 saturated carbocycles. The zero-order valence-electron chi connectivity index (χ0n) is 9.90. The molecular weight excluding hydrogens is 247 g/mol. The van der Waals surface area contributed by atoms with E-state index in [1.165, 1.54) is 6.07 Å². The van der Waals surface area contributed by atoms with Crippen molar-refractivity contribution >= 4 is 16.8 Å². The van der Waals surface area contributed by atoms with Gasteiger partial charge in [-0.05, 0) is 6.07 Å². The Morgan fingerprint density at radius 2 is 2.21 bits per heavy atom. The van der Waals surface area contributed by atoms with Gasteiger partial charge in [0.15, 0.2) is 0 Å². The van der Waals surface area contributed by atoms with Crippen molar-refractivity contribution < 1.29 is 9.18 Å². The second-order valence-electron chi connectivity index (χ2n) is 4.26. The number of hydrogen-bond acceptors (Lipinski definition) is 2. The fraction of sp³-hybridized carbons (Fsp3) is 0.0769. The van der Waals surface area contributed by atoms with Gasteiger partial charge in [-0.15, -0.1) is 0 Å². The summed E-state index contributed by atoms with van der Waals surface area (Å²) in [4.78, 5) is 14.0. The molecule has 96 valence electrons. The lowest BCUT2D eigenvalue weighted by Crippen LogP contribution is -2.15. The lowest BCUT2D eigenvalue weighted by molar-refractivity contribution is -0.117. The van der Waals surface area contributed by atoms with Crippen LogP contribution in [0.4, 0.5) is 4.39 Å². The first-order chi connectivity index (χ1) is 9.16. The number of carbonyl (C=O) groups is 1. The van der Waals surface area contributed by atoms with Crippen LogP contribution in [-0.2, 0) is 11.2 Å². The maximum absolute atomic E-state index is 13.9. The molecule has 0 fully saturated rings. The van der Waals surface area contributed by atoms with Crippen LogP contribution in [0.3, 0.4) is 0 Å². The number of aromatic nitrogens is 3. The number of primary amides is 1. The minimum atomic E-state index is -0.577. The van der Waals surface area contributed by atoms with Gasteiger partial charge in [-0.3, -0.25) is 9.89 Å². The molecule has 0 radical (unpaired) electrons. The number of aromatic amines is 2. The normalized spacial score (nSPS) is 11.0. The van der Waals surface area contributed by atoms with Crippen LogP contribution in [-0.4, -0.2) is 21.1 Å². The van der Waals surface area contributed by atoms with Crippen molar-refractivity contribution in [3.05, 3.63) is 42.0 Å². The van der Waals surface area contributed by atoms with Gasteiger partial charge in [0.25, 0.3) is 0 Å². The summed E-state index contributed by atoms with van der Waals surface area (Å²) in [5.41, 5.74) is 7.44. The SMILES string of the molecule is NC(=O)Cc1c(F)cccc1-c1n[nH]c2c[nH]cc12. The Morgan fingerprint density at radius 1 is 1.37 bits per heavy atom. The van der Waals surface area contributed by atoms with Crippen molar-refractivity contribution in [2.45, 2.75) is 6.42 Å². The maximum atomic E-state index is 13.9. The molecule has 19 heavy (non-hydrogen) atoms. The van der Waals surface area contributed by atoms with Crippen molar-refractivity contribution in [3.8, 4) is 11.3 Å². The van der Waals surface area contributed by atoms with Gasteiger partial charge in [0.1, 0.15) is 11.5 Å². The van der Waals surface area contributed by atoms with Crippen LogP contribution in [0.25, 0.3) is 22.2 Å². The van der Waals surface area contributed by atoms with Gasteiger partial charge in [-0.2, -0.15) is 5.10 Å². The van der Waals surface area contributed by atoms with E-state index in [-0.39, 0.29) is 12.0 Å². The molecule has 0 spiro atoms. The third kappa shape index (κ3) is 1.87. The monoisotopic (exact) mass is 258 g/mol. The Labute approximate surface area is 107 Å². The average molecular weight is 258 g/mol. The van der Waals surface area contributed by atoms with Gasteiger partial charge in [-0.1, -0.05) is 12.1 Å². The second-order valence-corrected chi connectivity index (χ2v) is 4.26. The number of rotatable bonds is 3. The molecule has 1 amide bonds. The average Bonchev–Trinajstić information content (AvgIpc) is 2.93. The van der Waals surface area contributed by atoms with Crippen LogP contribution in [0.1, 0.15) is 5.56 Å². The smallest absolute Gasteiger partial charge is 0.221 e. The summed E-state index contributed by atoms with van der Waals surface area (Å²) < 4.78 is 13.9. The molecule has 2 heterocycles. The lowest BCUT2D eigenvalue weighted by atomic mass is 9.99. The van der Waals surface area contributed by atoms with Crippen LogP contribution in [0.15, 0.2) is 30.6 Å². The molecule has 2 aromatic heterocycles. The minimum absolute atomic E-state index is 0.152. The molecule has 3 rings (SSSR count). The Hall–Kier alpha value is -2.63. The molecule has 0 saturated heterocycles. The highest BCUT2D eigenvalue weighted by Crippen LogP contribution is 2.30. The predicted octanol–water partition coefficient (Wildman–Crippen LogP) is 1.72. The quantitative estimate of drug-likeness (QED) is 0.668. The van der Waals surface area contributed by atoms with Crippen LogP contribution in [0.2, 0.25) is 0 Å². The Balaban J connectivity index is 2.22. The summed E-state index contributed by atoms with van der Waals surface area (Å²) in [5.74, 6) is -1.03. The standard InChI is InChI=1S/C13H11FN4O/c14-10-3-1-2-7(8(10)4-12(15)19)13-9-5-16-6-11(9)17-18-13/h1-3,5-6,16-17H,4H2,(H2,15,19). The van der Waals surface area contributed by atoms with Gasteiger partial charge in [-0.25, -0.2) is 4.39 Å². The first-order valence-corrected chi connectivity index (χ1v) is 5.73. The van der Waals surface area contributed by atoms with E-state index in [1.807, 2.05) is 0 Å². The van der Waals surface area contributed by atoms with Gasteiger partial charge >= 0.3 is 0 Å². The number of fused-ring (bicyclic) bond motifs is 1. The van der Waals surface area contributed by atoms with Gasteiger partial charge in [0, 0.05) is 28.9 Å². The molecule has 3 aromatic rings. The van der Waals surface area contributed by atoms with Crippen molar-refractivity contribution in [3.63, 3.8) is 0 Å². The first kappa shape index (κ1) is 11.5. The van der Waals surface area contributed by atoms with Crippen LogP contribution >= 0.6 is 0 Å².